The van der Waals surface area contributed by atoms with Crippen molar-refractivity contribution in [3.8, 4) is 0 Å². The number of para-hydroxylation sites is 1. The van der Waals surface area contributed by atoms with Crippen molar-refractivity contribution in [3.05, 3.63) is 33.1 Å². The maximum Gasteiger partial charge on any atom is 0.298 e. The summed E-state index contributed by atoms with van der Waals surface area (Å²) in [4.78, 5) is 14.1. The van der Waals surface area contributed by atoms with Gasteiger partial charge in [0.05, 0.1) is 4.92 Å². The number of nitro benzene ring substituents is 1. The molecule has 13 heavy (non-hydrogen) atoms. The van der Waals surface area contributed by atoms with Crippen LogP contribution in [-0.4, -0.2) is 9.91 Å². The van der Waals surface area contributed by atoms with Gasteiger partial charge in [-0.15, -0.1) is 0 Å². The molecule has 0 saturated carbocycles. The second kappa shape index (κ2) is 2.81. The van der Waals surface area contributed by atoms with Crippen LogP contribution in [0.2, 0.25) is 0 Å². The zero-order valence-electron chi connectivity index (χ0n) is 6.23. The molecular weight excluding hydrogens is 240 g/mol. The Labute approximate surface area is 80.6 Å². The van der Waals surface area contributed by atoms with Gasteiger partial charge in [-0.3, -0.25) is 10.1 Å². The third kappa shape index (κ3) is 1.29. The third-order valence-corrected chi connectivity index (χ3v) is 1.91. The first-order valence-electron chi connectivity index (χ1n) is 3.38. The standard InChI is InChI=1S/C7H3BrN2O3/c8-7-9-6-4(10(11)12)2-1-3-5(6)13-7/h1-3H. The predicted octanol–water partition coefficient (Wildman–Crippen LogP) is 2.50. The molecule has 2 aromatic rings. The summed E-state index contributed by atoms with van der Waals surface area (Å²) in [6.07, 6.45) is 0. The van der Waals surface area contributed by atoms with Crippen molar-refractivity contribution in [2.75, 3.05) is 0 Å². The fourth-order valence-corrected chi connectivity index (χ4v) is 1.41. The largest absolute Gasteiger partial charge is 0.431 e. The maximum absolute atomic E-state index is 10.5. The van der Waals surface area contributed by atoms with Crippen molar-refractivity contribution in [2.45, 2.75) is 0 Å². The van der Waals surface area contributed by atoms with Gasteiger partial charge in [0.2, 0.25) is 0 Å². The number of benzene rings is 1. The smallest absolute Gasteiger partial charge is 0.298 e. The van der Waals surface area contributed by atoms with E-state index in [1.165, 1.54) is 6.07 Å². The molecular formula is C7H3BrN2O3. The molecule has 0 atom stereocenters. The van der Waals surface area contributed by atoms with Crippen molar-refractivity contribution in [1.82, 2.24) is 4.98 Å². The van der Waals surface area contributed by atoms with Crippen LogP contribution in [-0.2, 0) is 0 Å². The first-order valence-corrected chi connectivity index (χ1v) is 4.17. The number of nitrogens with zero attached hydrogens (tertiary/aromatic N) is 2. The van der Waals surface area contributed by atoms with Crippen molar-refractivity contribution < 1.29 is 9.34 Å². The summed E-state index contributed by atoms with van der Waals surface area (Å²) in [5.74, 6) is 0. The molecule has 2 rings (SSSR count). The maximum atomic E-state index is 10.5. The van der Waals surface area contributed by atoms with Gasteiger partial charge in [-0.2, -0.15) is 4.98 Å². The molecule has 0 aliphatic heterocycles. The average molecular weight is 243 g/mol. The Hall–Kier alpha value is -1.43. The molecule has 0 aliphatic carbocycles. The number of rotatable bonds is 1. The van der Waals surface area contributed by atoms with E-state index < -0.39 is 4.92 Å². The minimum Gasteiger partial charge on any atom is -0.431 e. The Balaban J connectivity index is 2.82. The van der Waals surface area contributed by atoms with Crippen molar-refractivity contribution in [3.63, 3.8) is 0 Å². The molecule has 1 heterocycles. The van der Waals surface area contributed by atoms with Crippen LogP contribution in [0.1, 0.15) is 0 Å². The van der Waals surface area contributed by atoms with Crippen LogP contribution in [0.4, 0.5) is 5.69 Å². The first kappa shape index (κ1) is 8.18. The highest BCUT2D eigenvalue weighted by molar-refractivity contribution is 9.10. The van der Waals surface area contributed by atoms with Crippen LogP contribution in [0.3, 0.4) is 0 Å². The number of nitro groups is 1. The summed E-state index contributed by atoms with van der Waals surface area (Å²) in [6.45, 7) is 0. The van der Waals surface area contributed by atoms with Crippen molar-refractivity contribution in [2.24, 2.45) is 0 Å². The van der Waals surface area contributed by atoms with Gasteiger partial charge in [-0.05, 0) is 6.07 Å². The van der Waals surface area contributed by atoms with E-state index in [4.69, 9.17) is 4.42 Å². The zero-order valence-corrected chi connectivity index (χ0v) is 7.82. The van der Waals surface area contributed by atoms with Gasteiger partial charge in [0.1, 0.15) is 0 Å². The van der Waals surface area contributed by atoms with E-state index >= 15 is 0 Å². The molecule has 0 saturated heterocycles. The van der Waals surface area contributed by atoms with Gasteiger partial charge in [0.15, 0.2) is 11.1 Å². The Kier molecular flexibility index (Phi) is 1.77. The predicted molar refractivity (Wildman–Crippen MR) is 48.4 cm³/mol. The Morgan fingerprint density at radius 1 is 1.54 bits per heavy atom. The number of hydrogen-bond donors (Lipinski definition) is 0. The van der Waals surface area contributed by atoms with E-state index in [0.29, 0.717) is 5.58 Å². The van der Waals surface area contributed by atoms with Crippen LogP contribution in [0.15, 0.2) is 27.4 Å². The molecule has 5 nitrogen and oxygen atoms in total. The quantitative estimate of drug-likeness (QED) is 0.569. The summed E-state index contributed by atoms with van der Waals surface area (Å²) >= 11 is 3.01. The van der Waals surface area contributed by atoms with E-state index in [1.54, 1.807) is 12.1 Å². The number of halogens is 1. The normalized spacial score (nSPS) is 10.5. The Morgan fingerprint density at radius 3 is 3.00 bits per heavy atom. The summed E-state index contributed by atoms with van der Waals surface area (Å²) in [6, 6.07) is 4.56. The molecule has 0 bridgehead atoms. The fraction of sp³-hybridized carbons (Fsp3) is 0. The number of hydrogen-bond acceptors (Lipinski definition) is 4. The molecule has 0 spiro atoms. The molecule has 0 N–H and O–H groups in total. The van der Waals surface area contributed by atoms with Crippen LogP contribution < -0.4 is 0 Å². The van der Waals surface area contributed by atoms with E-state index in [0.717, 1.165) is 0 Å². The highest BCUT2D eigenvalue weighted by Gasteiger charge is 2.15. The van der Waals surface area contributed by atoms with Gasteiger partial charge in [0, 0.05) is 22.0 Å². The van der Waals surface area contributed by atoms with E-state index in [-0.39, 0.29) is 16.0 Å². The van der Waals surface area contributed by atoms with Crippen LogP contribution >= 0.6 is 15.9 Å². The molecule has 0 unspecified atom stereocenters. The second-order valence-electron chi connectivity index (χ2n) is 2.35. The topological polar surface area (TPSA) is 69.2 Å². The third-order valence-electron chi connectivity index (χ3n) is 1.57. The van der Waals surface area contributed by atoms with Gasteiger partial charge < -0.3 is 4.42 Å². The minimum atomic E-state index is -0.489. The van der Waals surface area contributed by atoms with Gasteiger partial charge in [-0.25, -0.2) is 0 Å². The lowest BCUT2D eigenvalue weighted by atomic mass is 10.3. The van der Waals surface area contributed by atoms with Crippen LogP contribution in [0.25, 0.3) is 11.1 Å². The number of fused-ring (bicyclic) bond motifs is 1. The van der Waals surface area contributed by atoms with Crippen LogP contribution in [0, 0.1) is 10.1 Å². The Bertz CT molecular complexity index is 480. The molecule has 1 aromatic heterocycles. The van der Waals surface area contributed by atoms with Crippen molar-refractivity contribution in [1.29, 1.82) is 0 Å². The van der Waals surface area contributed by atoms with Gasteiger partial charge >= 0.3 is 0 Å². The van der Waals surface area contributed by atoms with Crippen LogP contribution in [0.5, 0.6) is 0 Å². The number of aromatic nitrogens is 1. The van der Waals surface area contributed by atoms with Gasteiger partial charge in [0.25, 0.3) is 10.5 Å². The molecule has 1 aromatic carbocycles. The minimum absolute atomic E-state index is 0.0491. The summed E-state index contributed by atoms with van der Waals surface area (Å²) < 4.78 is 5.06. The molecule has 0 amide bonds. The molecule has 0 aliphatic rings. The molecule has 66 valence electrons. The zero-order chi connectivity index (χ0) is 9.42. The Morgan fingerprint density at radius 2 is 2.31 bits per heavy atom. The lowest BCUT2D eigenvalue weighted by Crippen LogP contribution is -1.88. The van der Waals surface area contributed by atoms with E-state index in [2.05, 4.69) is 20.9 Å². The molecule has 0 fully saturated rings. The lowest BCUT2D eigenvalue weighted by molar-refractivity contribution is -0.383. The SMILES string of the molecule is O=[N+]([O-])c1cccc2oc(Br)nc12. The fourth-order valence-electron chi connectivity index (χ4n) is 1.05. The van der Waals surface area contributed by atoms with Crippen molar-refractivity contribution >= 4 is 32.7 Å². The lowest BCUT2D eigenvalue weighted by Gasteiger charge is -1.88. The first-order chi connectivity index (χ1) is 6.18. The van der Waals surface area contributed by atoms with E-state index in [1.807, 2.05) is 0 Å². The number of oxazole rings is 1. The highest BCUT2D eigenvalue weighted by atomic mass is 79.9. The monoisotopic (exact) mass is 242 g/mol. The summed E-state index contributed by atoms with van der Waals surface area (Å²) in [5.41, 5.74) is 0.618. The second-order valence-corrected chi connectivity index (χ2v) is 3.03. The summed E-state index contributed by atoms with van der Waals surface area (Å²) in [5, 5.41) is 10.5. The van der Waals surface area contributed by atoms with E-state index in [9.17, 15) is 10.1 Å². The summed E-state index contributed by atoms with van der Waals surface area (Å²) in [7, 11) is 0. The average Bonchev–Trinajstić information content (AvgIpc) is 2.43. The highest BCUT2D eigenvalue weighted by Crippen LogP contribution is 2.26. The molecule has 0 radical (unpaired) electrons. The molecule has 6 heteroatoms. The van der Waals surface area contributed by atoms with Gasteiger partial charge in [-0.1, -0.05) is 6.07 Å². The number of non-ortho nitro benzene ring substituents is 1.